The largest absolute Gasteiger partial charge is 0.480 e. The molecular formula is C13H14Br2N2O3. The van der Waals surface area contributed by atoms with Gasteiger partial charge in [-0.1, -0.05) is 15.9 Å². The van der Waals surface area contributed by atoms with Crippen LogP contribution in [-0.4, -0.2) is 22.6 Å². The third-order valence-electron chi connectivity index (χ3n) is 3.39. The van der Waals surface area contributed by atoms with E-state index in [0.717, 1.165) is 21.8 Å². The van der Waals surface area contributed by atoms with Crippen LogP contribution < -0.4 is 10.6 Å². The molecule has 1 aliphatic rings. The molecule has 2 rings (SSSR count). The molecule has 1 unspecified atom stereocenters. The van der Waals surface area contributed by atoms with Crippen LogP contribution in [0.25, 0.3) is 0 Å². The van der Waals surface area contributed by atoms with Gasteiger partial charge in [0.2, 0.25) is 0 Å². The minimum Gasteiger partial charge on any atom is -0.480 e. The van der Waals surface area contributed by atoms with Crippen LogP contribution in [0.15, 0.2) is 27.1 Å². The van der Waals surface area contributed by atoms with Crippen LogP contribution in [0.3, 0.4) is 0 Å². The number of anilines is 1. The number of nitrogens with one attached hydrogen (secondary N) is 2. The second-order valence-corrected chi connectivity index (χ2v) is 6.76. The molecule has 1 aromatic rings. The molecule has 1 aliphatic carbocycles. The first-order chi connectivity index (χ1) is 9.33. The van der Waals surface area contributed by atoms with Crippen LogP contribution in [-0.2, 0) is 4.79 Å². The molecular weight excluding hydrogens is 392 g/mol. The molecule has 0 aromatic heterocycles. The third kappa shape index (κ3) is 3.32. The van der Waals surface area contributed by atoms with Crippen LogP contribution in [0, 0.1) is 5.92 Å². The number of carboxylic acids is 1. The van der Waals surface area contributed by atoms with Crippen molar-refractivity contribution in [3.8, 4) is 0 Å². The highest BCUT2D eigenvalue weighted by Gasteiger charge is 2.48. The summed E-state index contributed by atoms with van der Waals surface area (Å²) in [4.78, 5) is 23.4. The summed E-state index contributed by atoms with van der Waals surface area (Å²) in [5.41, 5.74) is -0.650. The van der Waals surface area contributed by atoms with E-state index in [0.29, 0.717) is 5.69 Å². The lowest BCUT2D eigenvalue weighted by Gasteiger charge is -2.26. The number of halogens is 2. The molecule has 0 radical (unpaired) electrons. The van der Waals surface area contributed by atoms with Gasteiger partial charge in [0.05, 0.1) is 5.69 Å². The molecule has 0 saturated heterocycles. The second kappa shape index (κ2) is 5.73. The van der Waals surface area contributed by atoms with E-state index in [1.807, 2.05) is 6.07 Å². The lowest BCUT2D eigenvalue weighted by atomic mass is 9.96. The van der Waals surface area contributed by atoms with Crippen molar-refractivity contribution in [1.82, 2.24) is 5.32 Å². The first kappa shape index (κ1) is 15.3. The summed E-state index contributed by atoms with van der Waals surface area (Å²) in [5, 5.41) is 14.5. The molecule has 1 fully saturated rings. The summed E-state index contributed by atoms with van der Waals surface area (Å²) in [5.74, 6) is -1.01. The fraction of sp³-hybridized carbons (Fsp3) is 0.385. The van der Waals surface area contributed by atoms with Crippen LogP contribution in [0.1, 0.15) is 19.8 Å². The lowest BCUT2D eigenvalue weighted by molar-refractivity contribution is -0.144. The number of urea groups is 1. The van der Waals surface area contributed by atoms with Gasteiger partial charge in [0.15, 0.2) is 0 Å². The first-order valence-electron chi connectivity index (χ1n) is 6.10. The Labute approximate surface area is 133 Å². The molecule has 0 bridgehead atoms. The Morgan fingerprint density at radius 3 is 2.55 bits per heavy atom. The van der Waals surface area contributed by atoms with Gasteiger partial charge >= 0.3 is 12.0 Å². The summed E-state index contributed by atoms with van der Waals surface area (Å²) >= 11 is 6.65. The Balaban J connectivity index is 2.08. The molecule has 108 valence electrons. The first-order valence-corrected chi connectivity index (χ1v) is 7.69. The zero-order valence-electron chi connectivity index (χ0n) is 10.7. The standard InChI is InChI=1S/C13H14Br2N2O3/c1-13(11(18)19,7-2-3-7)17-12(20)16-10-6-8(14)4-5-9(10)15/h4-7H,2-3H2,1H3,(H,18,19)(H2,16,17,20). The molecule has 7 heteroatoms. The Morgan fingerprint density at radius 2 is 2.00 bits per heavy atom. The van der Waals surface area contributed by atoms with Crippen molar-refractivity contribution in [2.45, 2.75) is 25.3 Å². The number of rotatable bonds is 4. The second-order valence-electron chi connectivity index (χ2n) is 4.99. The van der Waals surface area contributed by atoms with Gasteiger partial charge in [-0.05, 0) is 59.8 Å². The zero-order valence-corrected chi connectivity index (χ0v) is 13.9. The summed E-state index contributed by atoms with van der Waals surface area (Å²) in [6, 6.07) is 4.83. The number of carbonyl (C=O) groups excluding carboxylic acids is 1. The molecule has 2 amide bonds. The molecule has 1 saturated carbocycles. The summed E-state index contributed by atoms with van der Waals surface area (Å²) < 4.78 is 1.54. The van der Waals surface area contributed by atoms with Gasteiger partial charge < -0.3 is 15.7 Å². The van der Waals surface area contributed by atoms with E-state index in [4.69, 9.17) is 0 Å². The maximum atomic E-state index is 12.0. The van der Waals surface area contributed by atoms with Crippen LogP contribution in [0.2, 0.25) is 0 Å². The van der Waals surface area contributed by atoms with E-state index in [1.54, 1.807) is 19.1 Å². The van der Waals surface area contributed by atoms with Crippen LogP contribution >= 0.6 is 31.9 Å². The van der Waals surface area contributed by atoms with E-state index in [2.05, 4.69) is 42.5 Å². The lowest BCUT2D eigenvalue weighted by Crippen LogP contribution is -2.55. The minimum absolute atomic E-state index is 0.00306. The maximum Gasteiger partial charge on any atom is 0.329 e. The smallest absolute Gasteiger partial charge is 0.329 e. The fourth-order valence-corrected chi connectivity index (χ4v) is 2.68. The number of benzene rings is 1. The molecule has 20 heavy (non-hydrogen) atoms. The van der Waals surface area contributed by atoms with Gasteiger partial charge in [-0.3, -0.25) is 0 Å². The predicted molar refractivity (Wildman–Crippen MR) is 82.8 cm³/mol. The maximum absolute atomic E-state index is 12.0. The number of carbonyl (C=O) groups is 2. The minimum atomic E-state index is -1.22. The summed E-state index contributed by atoms with van der Waals surface area (Å²) in [6.45, 7) is 1.54. The topological polar surface area (TPSA) is 78.4 Å². The Morgan fingerprint density at radius 1 is 1.35 bits per heavy atom. The van der Waals surface area contributed by atoms with Crippen LogP contribution in [0.4, 0.5) is 10.5 Å². The molecule has 1 aromatic carbocycles. The molecule has 5 nitrogen and oxygen atoms in total. The highest BCUT2D eigenvalue weighted by atomic mass is 79.9. The average Bonchev–Trinajstić information content (AvgIpc) is 3.17. The van der Waals surface area contributed by atoms with Gasteiger partial charge in [-0.25, -0.2) is 9.59 Å². The third-order valence-corrected chi connectivity index (χ3v) is 4.57. The van der Waals surface area contributed by atoms with Crippen molar-refractivity contribution < 1.29 is 14.7 Å². The van der Waals surface area contributed by atoms with E-state index in [-0.39, 0.29) is 5.92 Å². The quantitative estimate of drug-likeness (QED) is 0.716. The van der Waals surface area contributed by atoms with Crippen molar-refractivity contribution in [3.63, 3.8) is 0 Å². The Bertz CT molecular complexity index is 561. The van der Waals surface area contributed by atoms with Gasteiger partial charge in [-0.15, -0.1) is 0 Å². The van der Waals surface area contributed by atoms with Crippen molar-refractivity contribution in [1.29, 1.82) is 0 Å². The van der Waals surface area contributed by atoms with Crippen molar-refractivity contribution in [3.05, 3.63) is 27.1 Å². The van der Waals surface area contributed by atoms with Crippen LogP contribution in [0.5, 0.6) is 0 Å². The molecule has 0 spiro atoms. The zero-order chi connectivity index (χ0) is 14.9. The highest BCUT2D eigenvalue weighted by molar-refractivity contribution is 9.11. The predicted octanol–water partition coefficient (Wildman–Crippen LogP) is 3.59. The van der Waals surface area contributed by atoms with E-state index >= 15 is 0 Å². The fourth-order valence-electron chi connectivity index (χ4n) is 1.97. The molecule has 0 heterocycles. The molecule has 3 N–H and O–H groups in total. The number of amides is 2. The number of aliphatic carboxylic acids is 1. The van der Waals surface area contributed by atoms with Crippen molar-refractivity contribution in [2.75, 3.05) is 5.32 Å². The number of carboxylic acid groups (broad SMARTS) is 1. The summed E-state index contributed by atoms with van der Waals surface area (Å²) in [6.07, 6.45) is 1.65. The van der Waals surface area contributed by atoms with Gasteiger partial charge in [0, 0.05) is 8.95 Å². The van der Waals surface area contributed by atoms with E-state index < -0.39 is 17.5 Å². The number of hydrogen-bond acceptors (Lipinski definition) is 2. The van der Waals surface area contributed by atoms with Gasteiger partial charge in [0.1, 0.15) is 5.54 Å². The summed E-state index contributed by atoms with van der Waals surface area (Å²) in [7, 11) is 0. The van der Waals surface area contributed by atoms with Gasteiger partial charge in [0.25, 0.3) is 0 Å². The molecule has 1 atom stereocenters. The Kier molecular flexibility index (Phi) is 4.39. The van der Waals surface area contributed by atoms with Crippen molar-refractivity contribution in [2.24, 2.45) is 5.92 Å². The van der Waals surface area contributed by atoms with E-state index in [9.17, 15) is 14.7 Å². The van der Waals surface area contributed by atoms with Gasteiger partial charge in [-0.2, -0.15) is 0 Å². The number of hydrogen-bond donors (Lipinski definition) is 3. The van der Waals surface area contributed by atoms with Crippen molar-refractivity contribution >= 4 is 49.5 Å². The normalized spacial score (nSPS) is 17.1. The monoisotopic (exact) mass is 404 g/mol. The molecule has 0 aliphatic heterocycles. The SMILES string of the molecule is CC(NC(=O)Nc1cc(Br)ccc1Br)(C(=O)O)C1CC1. The average molecular weight is 406 g/mol. The highest BCUT2D eigenvalue weighted by Crippen LogP contribution is 2.39. The van der Waals surface area contributed by atoms with E-state index in [1.165, 1.54) is 0 Å². The Hall–Kier alpha value is -1.08.